The van der Waals surface area contributed by atoms with Crippen molar-refractivity contribution in [1.29, 1.82) is 0 Å². The second-order valence-corrected chi connectivity index (χ2v) is 7.51. The molecule has 4 aliphatic carbocycles. The number of carbonyl (C=O) groups excluding carboxylic acids is 1. The third-order valence-corrected chi connectivity index (χ3v) is 5.76. The minimum Gasteiger partial charge on any atom is -0.332 e. The first kappa shape index (κ1) is 11.7. The molecule has 1 aromatic heterocycles. The van der Waals surface area contributed by atoms with Gasteiger partial charge in [-0.3, -0.25) is 5.32 Å². The van der Waals surface area contributed by atoms with E-state index in [0.717, 1.165) is 17.8 Å². The van der Waals surface area contributed by atoms with Crippen LogP contribution in [0.1, 0.15) is 38.5 Å². The quantitative estimate of drug-likeness (QED) is 0.872. The third-order valence-electron chi connectivity index (χ3n) is 5.07. The molecule has 4 saturated carbocycles. The van der Waals surface area contributed by atoms with Crippen molar-refractivity contribution >= 4 is 22.5 Å². The van der Waals surface area contributed by atoms with Gasteiger partial charge in [0.2, 0.25) is 0 Å². The Bertz CT molecular complexity index is 450. The Balaban J connectivity index is 1.46. The molecule has 5 rings (SSSR count). The molecule has 2 N–H and O–H groups in total. The molecular weight excluding hydrogens is 258 g/mol. The summed E-state index contributed by atoms with van der Waals surface area (Å²) in [5.74, 6) is 2.56. The first-order valence-electron chi connectivity index (χ1n) is 7.19. The molecule has 0 saturated heterocycles. The Morgan fingerprint density at radius 1 is 1.21 bits per heavy atom. The largest absolute Gasteiger partial charge is 0.332 e. The zero-order valence-electron chi connectivity index (χ0n) is 10.9. The fourth-order valence-corrected chi connectivity index (χ4v) is 5.44. The lowest BCUT2D eigenvalue weighted by Crippen LogP contribution is -2.60. The Morgan fingerprint density at radius 2 is 1.84 bits per heavy atom. The van der Waals surface area contributed by atoms with Crippen LogP contribution in [0.5, 0.6) is 0 Å². The van der Waals surface area contributed by atoms with Crippen LogP contribution < -0.4 is 10.6 Å². The minimum absolute atomic E-state index is 0.0723. The maximum atomic E-state index is 12.1. The molecule has 0 radical (unpaired) electrons. The number of hydrogen-bond donors (Lipinski definition) is 2. The molecule has 2 amide bonds. The van der Waals surface area contributed by atoms with Crippen molar-refractivity contribution in [2.24, 2.45) is 17.8 Å². The Hall–Kier alpha value is -1.10. The van der Waals surface area contributed by atoms with Crippen molar-refractivity contribution in [3.63, 3.8) is 0 Å². The summed E-state index contributed by atoms with van der Waals surface area (Å²) in [7, 11) is 0. The second-order valence-electron chi connectivity index (χ2n) is 6.61. The average Bonchev–Trinajstić information content (AvgIpc) is 2.78. The van der Waals surface area contributed by atoms with E-state index in [-0.39, 0.29) is 11.6 Å². The first-order chi connectivity index (χ1) is 9.21. The summed E-state index contributed by atoms with van der Waals surface area (Å²) >= 11 is 1.46. The van der Waals surface area contributed by atoms with Crippen LogP contribution in [-0.4, -0.2) is 16.6 Å². The number of amides is 2. The lowest BCUT2D eigenvalue weighted by Gasteiger charge is -2.56. The molecule has 4 fully saturated rings. The molecule has 0 atom stereocenters. The Labute approximate surface area is 117 Å². The van der Waals surface area contributed by atoms with Gasteiger partial charge in [-0.15, -0.1) is 11.3 Å². The van der Waals surface area contributed by atoms with Crippen molar-refractivity contribution in [2.75, 3.05) is 5.32 Å². The molecule has 0 unspecified atom stereocenters. The highest BCUT2D eigenvalue weighted by atomic mass is 32.1. The fraction of sp³-hybridized carbons (Fsp3) is 0.714. The van der Waals surface area contributed by atoms with Gasteiger partial charge < -0.3 is 5.32 Å². The molecule has 4 aliphatic rings. The second kappa shape index (κ2) is 4.20. The van der Waals surface area contributed by atoms with Crippen LogP contribution in [0.3, 0.4) is 0 Å². The number of rotatable bonds is 2. The lowest BCUT2D eigenvalue weighted by atomic mass is 9.53. The standard InChI is InChI=1S/C14H19N3OS/c18-12(16-13-15-1-2-19-13)17-14-6-9-3-10(7-14)5-11(4-9)8-14/h1-2,9-11H,3-8H2,(H2,15,16,17,18). The molecule has 5 heteroatoms. The van der Waals surface area contributed by atoms with E-state index in [4.69, 9.17) is 0 Å². The molecule has 0 spiro atoms. The summed E-state index contributed by atoms with van der Waals surface area (Å²) in [6, 6.07) is -0.0723. The molecular formula is C14H19N3OS. The molecule has 0 aliphatic heterocycles. The highest BCUT2D eigenvalue weighted by Gasteiger charge is 2.51. The molecule has 4 bridgehead atoms. The van der Waals surface area contributed by atoms with Gasteiger partial charge in [-0.05, 0) is 56.3 Å². The molecule has 4 nitrogen and oxygen atoms in total. The smallest absolute Gasteiger partial charge is 0.321 e. The summed E-state index contributed by atoms with van der Waals surface area (Å²) in [5.41, 5.74) is 0.0795. The number of thiazole rings is 1. The predicted molar refractivity (Wildman–Crippen MR) is 75.2 cm³/mol. The topological polar surface area (TPSA) is 54.0 Å². The lowest BCUT2D eigenvalue weighted by molar-refractivity contribution is -0.0127. The van der Waals surface area contributed by atoms with Gasteiger partial charge in [0.05, 0.1) is 0 Å². The third kappa shape index (κ3) is 2.14. The number of nitrogens with zero attached hydrogens (tertiary/aromatic N) is 1. The van der Waals surface area contributed by atoms with E-state index in [0.29, 0.717) is 5.13 Å². The highest BCUT2D eigenvalue weighted by Crippen LogP contribution is 2.55. The van der Waals surface area contributed by atoms with E-state index in [1.54, 1.807) is 6.20 Å². The predicted octanol–water partition coefficient (Wildman–Crippen LogP) is 3.23. The van der Waals surface area contributed by atoms with E-state index >= 15 is 0 Å². The van der Waals surface area contributed by atoms with Gasteiger partial charge >= 0.3 is 6.03 Å². The average molecular weight is 277 g/mol. The van der Waals surface area contributed by atoms with Crippen LogP contribution in [0, 0.1) is 17.8 Å². The van der Waals surface area contributed by atoms with Gasteiger partial charge in [-0.1, -0.05) is 0 Å². The molecule has 1 aromatic rings. The van der Waals surface area contributed by atoms with Gasteiger partial charge in [-0.2, -0.15) is 0 Å². The van der Waals surface area contributed by atoms with Crippen LogP contribution in [0.15, 0.2) is 11.6 Å². The van der Waals surface area contributed by atoms with E-state index in [1.165, 1.54) is 49.9 Å². The monoisotopic (exact) mass is 277 g/mol. The van der Waals surface area contributed by atoms with E-state index < -0.39 is 0 Å². The van der Waals surface area contributed by atoms with Gasteiger partial charge in [0.25, 0.3) is 0 Å². The van der Waals surface area contributed by atoms with Crippen LogP contribution in [-0.2, 0) is 0 Å². The van der Waals surface area contributed by atoms with Crippen LogP contribution in [0.25, 0.3) is 0 Å². The molecule has 102 valence electrons. The van der Waals surface area contributed by atoms with Crippen molar-refractivity contribution in [3.8, 4) is 0 Å². The van der Waals surface area contributed by atoms with Gasteiger partial charge in [0, 0.05) is 17.1 Å². The van der Waals surface area contributed by atoms with Crippen LogP contribution >= 0.6 is 11.3 Å². The number of nitrogens with one attached hydrogen (secondary N) is 2. The summed E-state index contributed by atoms with van der Waals surface area (Å²) in [4.78, 5) is 16.2. The van der Waals surface area contributed by atoms with Crippen molar-refractivity contribution in [1.82, 2.24) is 10.3 Å². The Morgan fingerprint density at radius 3 is 2.37 bits per heavy atom. The summed E-state index contributed by atoms with van der Waals surface area (Å²) in [5, 5.41) is 8.69. The Kier molecular flexibility index (Phi) is 2.59. The number of aromatic nitrogens is 1. The van der Waals surface area contributed by atoms with Gasteiger partial charge in [0.15, 0.2) is 5.13 Å². The maximum absolute atomic E-state index is 12.1. The SMILES string of the molecule is O=C(Nc1nccs1)NC12CC3CC(CC(C3)C1)C2. The summed E-state index contributed by atoms with van der Waals surface area (Å²) in [6.07, 6.45) is 9.46. The van der Waals surface area contributed by atoms with Crippen LogP contribution in [0.4, 0.5) is 9.93 Å². The van der Waals surface area contributed by atoms with E-state index in [9.17, 15) is 4.79 Å². The fourth-order valence-electron chi connectivity index (χ4n) is 4.92. The summed E-state index contributed by atoms with van der Waals surface area (Å²) in [6.45, 7) is 0. The van der Waals surface area contributed by atoms with Crippen molar-refractivity contribution < 1.29 is 4.79 Å². The number of anilines is 1. The molecule has 19 heavy (non-hydrogen) atoms. The number of urea groups is 1. The zero-order chi connectivity index (χ0) is 12.9. The molecule has 0 aromatic carbocycles. The van der Waals surface area contributed by atoms with E-state index in [1.807, 2.05) is 5.38 Å². The normalized spacial score (nSPS) is 39.3. The van der Waals surface area contributed by atoms with Gasteiger partial charge in [0.1, 0.15) is 0 Å². The van der Waals surface area contributed by atoms with Crippen molar-refractivity contribution in [2.45, 2.75) is 44.1 Å². The highest BCUT2D eigenvalue weighted by molar-refractivity contribution is 7.13. The van der Waals surface area contributed by atoms with Crippen LogP contribution in [0.2, 0.25) is 0 Å². The zero-order valence-corrected chi connectivity index (χ0v) is 11.7. The number of carbonyl (C=O) groups is 1. The number of hydrogen-bond acceptors (Lipinski definition) is 3. The van der Waals surface area contributed by atoms with E-state index in [2.05, 4.69) is 15.6 Å². The summed E-state index contributed by atoms with van der Waals surface area (Å²) < 4.78 is 0. The minimum atomic E-state index is -0.0723. The van der Waals surface area contributed by atoms with Crippen molar-refractivity contribution in [3.05, 3.63) is 11.6 Å². The maximum Gasteiger partial charge on any atom is 0.321 e. The van der Waals surface area contributed by atoms with Gasteiger partial charge in [-0.25, -0.2) is 9.78 Å². The molecule has 1 heterocycles. The first-order valence-corrected chi connectivity index (χ1v) is 8.07.